The van der Waals surface area contributed by atoms with Crippen LogP contribution in [0.5, 0.6) is 0 Å². The summed E-state index contributed by atoms with van der Waals surface area (Å²) in [4.78, 5) is 26.8. The molecule has 128 valence electrons. The molecule has 0 radical (unpaired) electrons. The number of carbonyl (C=O) groups excluding carboxylic acids is 2. The second-order valence-corrected chi connectivity index (χ2v) is 8.09. The van der Waals surface area contributed by atoms with E-state index >= 15 is 0 Å². The molecule has 0 N–H and O–H groups in total. The molecule has 0 saturated heterocycles. The third kappa shape index (κ3) is 2.26. The number of para-hydroxylation sites is 1. The Hall–Kier alpha value is -2.67. The maximum Gasteiger partial charge on any atom is 0.269 e. The standard InChI is InChI=1S/C18H16N2O4S/c1-12-10-13-6-2-4-8-15(13)20(12)17(21)11-19-18(22)14-7-3-5-9-16(14)25(19,23)24/h2-9,12H,10-11H2,1H3/t12-/m1/s1. The van der Waals surface area contributed by atoms with Crippen molar-refractivity contribution in [2.75, 3.05) is 11.4 Å². The van der Waals surface area contributed by atoms with Crippen molar-refractivity contribution in [1.29, 1.82) is 0 Å². The molecule has 0 aromatic heterocycles. The van der Waals surface area contributed by atoms with Gasteiger partial charge in [-0.2, -0.15) is 0 Å². The number of sulfonamides is 1. The first-order valence-corrected chi connectivity index (χ1v) is 9.41. The molecular weight excluding hydrogens is 340 g/mol. The van der Waals surface area contributed by atoms with Crippen molar-refractivity contribution < 1.29 is 18.0 Å². The van der Waals surface area contributed by atoms with Crippen LogP contribution in [0.15, 0.2) is 53.4 Å². The number of hydrogen-bond donors (Lipinski definition) is 0. The van der Waals surface area contributed by atoms with Gasteiger partial charge in [0, 0.05) is 11.7 Å². The van der Waals surface area contributed by atoms with Crippen molar-refractivity contribution in [3.63, 3.8) is 0 Å². The van der Waals surface area contributed by atoms with Gasteiger partial charge in [-0.1, -0.05) is 30.3 Å². The number of fused-ring (bicyclic) bond motifs is 2. The first kappa shape index (κ1) is 15.8. The van der Waals surface area contributed by atoms with Gasteiger partial charge in [-0.3, -0.25) is 9.59 Å². The molecule has 2 amide bonds. The predicted octanol–water partition coefficient (Wildman–Crippen LogP) is 1.81. The molecule has 0 bridgehead atoms. The summed E-state index contributed by atoms with van der Waals surface area (Å²) in [6.45, 7) is 1.42. The van der Waals surface area contributed by atoms with Gasteiger partial charge in [0.1, 0.15) is 11.4 Å². The molecule has 2 aliphatic heterocycles. The largest absolute Gasteiger partial charge is 0.307 e. The molecule has 4 rings (SSSR count). The molecule has 2 heterocycles. The zero-order valence-corrected chi connectivity index (χ0v) is 14.4. The molecule has 0 fully saturated rings. The molecule has 7 heteroatoms. The Labute approximate surface area is 145 Å². The van der Waals surface area contributed by atoms with Crippen molar-refractivity contribution in [2.24, 2.45) is 0 Å². The molecule has 2 aliphatic rings. The molecular formula is C18H16N2O4S. The van der Waals surface area contributed by atoms with E-state index in [1.165, 1.54) is 12.1 Å². The number of rotatable bonds is 2. The van der Waals surface area contributed by atoms with Gasteiger partial charge in [-0.25, -0.2) is 12.7 Å². The summed E-state index contributed by atoms with van der Waals surface area (Å²) in [5.74, 6) is -1.05. The number of hydrogen-bond acceptors (Lipinski definition) is 4. The highest BCUT2D eigenvalue weighted by Crippen LogP contribution is 2.34. The van der Waals surface area contributed by atoms with Gasteiger partial charge in [0.2, 0.25) is 5.91 Å². The molecule has 25 heavy (non-hydrogen) atoms. The number of benzene rings is 2. The maximum atomic E-state index is 12.8. The number of carbonyl (C=O) groups is 2. The van der Waals surface area contributed by atoms with E-state index in [0.717, 1.165) is 11.3 Å². The lowest BCUT2D eigenvalue weighted by Gasteiger charge is -2.25. The fraction of sp³-hybridized carbons (Fsp3) is 0.222. The summed E-state index contributed by atoms with van der Waals surface area (Å²) in [6.07, 6.45) is 0.711. The third-order valence-electron chi connectivity index (χ3n) is 4.67. The van der Waals surface area contributed by atoms with Crippen molar-refractivity contribution in [2.45, 2.75) is 24.3 Å². The summed E-state index contributed by atoms with van der Waals surface area (Å²) in [5.41, 5.74) is 1.94. The lowest BCUT2D eigenvalue weighted by atomic mass is 10.1. The van der Waals surface area contributed by atoms with Crippen molar-refractivity contribution >= 4 is 27.5 Å². The molecule has 0 aliphatic carbocycles. The summed E-state index contributed by atoms with van der Waals surface area (Å²) in [7, 11) is -3.98. The quantitative estimate of drug-likeness (QED) is 0.822. The normalized spacial score (nSPS) is 20.5. The first-order valence-electron chi connectivity index (χ1n) is 7.97. The average Bonchev–Trinajstić information content (AvgIpc) is 3.02. The van der Waals surface area contributed by atoms with E-state index in [4.69, 9.17) is 0 Å². The van der Waals surface area contributed by atoms with Gasteiger partial charge in [0.05, 0.1) is 5.56 Å². The fourth-order valence-corrected chi connectivity index (χ4v) is 5.05. The van der Waals surface area contributed by atoms with E-state index in [0.29, 0.717) is 10.7 Å². The third-order valence-corrected chi connectivity index (χ3v) is 6.45. The molecule has 0 spiro atoms. The molecule has 6 nitrogen and oxygen atoms in total. The second-order valence-electron chi connectivity index (χ2n) is 6.26. The monoisotopic (exact) mass is 356 g/mol. The van der Waals surface area contributed by atoms with Crippen LogP contribution in [0.4, 0.5) is 5.69 Å². The highest BCUT2D eigenvalue weighted by Gasteiger charge is 2.43. The van der Waals surface area contributed by atoms with Crippen molar-refractivity contribution in [3.8, 4) is 0 Å². The van der Waals surface area contributed by atoms with Crippen LogP contribution >= 0.6 is 0 Å². The number of amides is 2. The topological polar surface area (TPSA) is 74.8 Å². The van der Waals surface area contributed by atoms with Gasteiger partial charge < -0.3 is 4.90 Å². The zero-order chi connectivity index (χ0) is 17.8. The minimum atomic E-state index is -3.98. The van der Waals surface area contributed by atoms with Crippen molar-refractivity contribution in [3.05, 3.63) is 59.7 Å². The van der Waals surface area contributed by atoms with E-state index in [9.17, 15) is 18.0 Å². The highest BCUT2D eigenvalue weighted by molar-refractivity contribution is 7.90. The molecule has 1 atom stereocenters. The molecule has 0 unspecified atom stereocenters. The van der Waals surface area contributed by atoms with Crippen molar-refractivity contribution in [1.82, 2.24) is 4.31 Å². The number of nitrogens with zero attached hydrogens (tertiary/aromatic N) is 2. The van der Waals surface area contributed by atoms with Crippen LogP contribution in [0.3, 0.4) is 0 Å². The van der Waals surface area contributed by atoms with Crippen LogP contribution in [-0.2, 0) is 21.2 Å². The van der Waals surface area contributed by atoms with Crippen LogP contribution in [0.25, 0.3) is 0 Å². The summed E-state index contributed by atoms with van der Waals surface area (Å²) < 4.78 is 25.9. The lowest BCUT2D eigenvalue weighted by Crippen LogP contribution is -2.45. The van der Waals surface area contributed by atoms with E-state index in [1.54, 1.807) is 17.0 Å². The molecule has 2 aromatic carbocycles. The van der Waals surface area contributed by atoms with Crippen LogP contribution < -0.4 is 4.90 Å². The minimum Gasteiger partial charge on any atom is -0.307 e. The van der Waals surface area contributed by atoms with E-state index in [1.807, 2.05) is 31.2 Å². The van der Waals surface area contributed by atoms with Gasteiger partial charge in [-0.05, 0) is 37.1 Å². The van der Waals surface area contributed by atoms with Gasteiger partial charge in [0.25, 0.3) is 15.9 Å². The Morgan fingerprint density at radius 1 is 1.12 bits per heavy atom. The summed E-state index contributed by atoms with van der Waals surface area (Å²) >= 11 is 0. The Morgan fingerprint density at radius 2 is 1.80 bits per heavy atom. The predicted molar refractivity (Wildman–Crippen MR) is 91.8 cm³/mol. The van der Waals surface area contributed by atoms with Crippen LogP contribution in [-0.4, -0.2) is 37.1 Å². The van der Waals surface area contributed by atoms with Crippen LogP contribution in [0.1, 0.15) is 22.8 Å². The van der Waals surface area contributed by atoms with E-state index < -0.39 is 28.4 Å². The first-order chi connectivity index (χ1) is 11.9. The minimum absolute atomic E-state index is 0.0392. The number of anilines is 1. The lowest BCUT2D eigenvalue weighted by molar-refractivity contribution is -0.118. The fourth-order valence-electron chi connectivity index (χ4n) is 3.53. The molecule has 0 saturated carbocycles. The Morgan fingerprint density at radius 3 is 2.56 bits per heavy atom. The SMILES string of the molecule is C[C@@H]1Cc2ccccc2N1C(=O)CN1C(=O)c2ccccc2S1(=O)=O. The van der Waals surface area contributed by atoms with Gasteiger partial charge in [0.15, 0.2) is 0 Å². The van der Waals surface area contributed by atoms with E-state index in [-0.39, 0.29) is 16.5 Å². The van der Waals surface area contributed by atoms with E-state index in [2.05, 4.69) is 0 Å². The molecule has 2 aromatic rings. The smallest absolute Gasteiger partial charge is 0.269 e. The van der Waals surface area contributed by atoms with Crippen LogP contribution in [0, 0.1) is 0 Å². The highest BCUT2D eigenvalue weighted by atomic mass is 32.2. The Bertz CT molecular complexity index is 1000. The summed E-state index contributed by atoms with van der Waals surface area (Å²) in [5, 5.41) is 0. The Kier molecular flexibility index (Phi) is 3.43. The average molecular weight is 356 g/mol. The summed E-state index contributed by atoms with van der Waals surface area (Å²) in [6, 6.07) is 13.5. The maximum absolute atomic E-state index is 12.8. The Balaban J connectivity index is 1.66. The van der Waals surface area contributed by atoms with Gasteiger partial charge in [-0.15, -0.1) is 0 Å². The zero-order valence-electron chi connectivity index (χ0n) is 13.5. The van der Waals surface area contributed by atoms with Gasteiger partial charge >= 0.3 is 0 Å². The van der Waals surface area contributed by atoms with Crippen LogP contribution in [0.2, 0.25) is 0 Å². The second kappa shape index (κ2) is 5.42.